The van der Waals surface area contributed by atoms with Crippen LogP contribution in [0.25, 0.3) is 0 Å². The number of sulfonamides is 1. The number of hydrogen-bond acceptors (Lipinski definition) is 3. The number of hydrogen-bond donors (Lipinski definition) is 1. The van der Waals surface area contributed by atoms with Crippen LogP contribution in [0.5, 0.6) is 0 Å². The molecule has 116 valence electrons. The summed E-state index contributed by atoms with van der Waals surface area (Å²) in [6, 6.07) is 2.77. The van der Waals surface area contributed by atoms with Crippen molar-refractivity contribution in [3.63, 3.8) is 0 Å². The molecule has 5 nitrogen and oxygen atoms in total. The van der Waals surface area contributed by atoms with Crippen LogP contribution in [0.4, 0.5) is 14.5 Å². The lowest BCUT2D eigenvalue weighted by Crippen LogP contribution is -2.43. The third-order valence-corrected chi connectivity index (χ3v) is 4.68. The number of halogens is 2. The fourth-order valence-electron chi connectivity index (χ4n) is 2.29. The monoisotopic (exact) mass is 318 g/mol. The van der Waals surface area contributed by atoms with E-state index in [-0.39, 0.29) is 12.2 Å². The van der Waals surface area contributed by atoms with Crippen LogP contribution in [0.1, 0.15) is 12.8 Å². The number of piperidine rings is 1. The van der Waals surface area contributed by atoms with Gasteiger partial charge in [0, 0.05) is 19.2 Å². The normalized spacial score (nSPS) is 20.2. The summed E-state index contributed by atoms with van der Waals surface area (Å²) in [6.07, 6.45) is 2.14. The minimum atomic E-state index is -3.36. The second kappa shape index (κ2) is 6.07. The van der Waals surface area contributed by atoms with Crippen LogP contribution in [0, 0.1) is 17.6 Å². The molecule has 1 saturated heterocycles. The summed E-state index contributed by atoms with van der Waals surface area (Å²) < 4.78 is 50.7. The van der Waals surface area contributed by atoms with Gasteiger partial charge in [0.05, 0.1) is 17.9 Å². The van der Waals surface area contributed by atoms with Gasteiger partial charge < -0.3 is 5.32 Å². The van der Waals surface area contributed by atoms with Crippen LogP contribution < -0.4 is 5.32 Å². The molecule has 21 heavy (non-hydrogen) atoms. The Kier molecular flexibility index (Phi) is 4.58. The summed E-state index contributed by atoms with van der Waals surface area (Å²) in [6.45, 7) is 0.429. The van der Waals surface area contributed by atoms with Crippen LogP contribution >= 0.6 is 0 Å². The summed E-state index contributed by atoms with van der Waals surface area (Å²) in [5.41, 5.74) is -0.239. The lowest BCUT2D eigenvalue weighted by atomic mass is 9.98. The van der Waals surface area contributed by atoms with Gasteiger partial charge in [0.15, 0.2) is 0 Å². The van der Waals surface area contributed by atoms with Gasteiger partial charge in [-0.15, -0.1) is 0 Å². The van der Waals surface area contributed by atoms with Gasteiger partial charge in [0.2, 0.25) is 15.9 Å². The Morgan fingerprint density at radius 1 is 1.38 bits per heavy atom. The molecule has 1 aliphatic heterocycles. The van der Waals surface area contributed by atoms with E-state index < -0.39 is 33.5 Å². The maximum absolute atomic E-state index is 13.5. The molecule has 1 aromatic carbocycles. The van der Waals surface area contributed by atoms with Crippen LogP contribution in [-0.4, -0.2) is 38.0 Å². The number of rotatable bonds is 3. The van der Waals surface area contributed by atoms with E-state index in [1.54, 1.807) is 0 Å². The molecular formula is C13H16F2N2O3S. The summed E-state index contributed by atoms with van der Waals surface area (Å²) in [5.74, 6) is -2.47. The van der Waals surface area contributed by atoms with Gasteiger partial charge >= 0.3 is 0 Å². The van der Waals surface area contributed by atoms with E-state index in [1.807, 2.05) is 0 Å². The highest BCUT2D eigenvalue weighted by Gasteiger charge is 2.30. The van der Waals surface area contributed by atoms with Gasteiger partial charge in [0.25, 0.3) is 0 Å². The van der Waals surface area contributed by atoms with E-state index in [1.165, 1.54) is 4.31 Å². The van der Waals surface area contributed by atoms with Crippen molar-refractivity contribution in [3.8, 4) is 0 Å². The van der Waals surface area contributed by atoms with E-state index in [0.717, 1.165) is 24.5 Å². The molecule has 0 aromatic heterocycles. The predicted molar refractivity (Wildman–Crippen MR) is 74.1 cm³/mol. The first kappa shape index (κ1) is 15.8. The molecule has 2 rings (SSSR count). The first-order valence-corrected chi connectivity index (χ1v) is 8.33. The first-order chi connectivity index (χ1) is 9.77. The zero-order valence-electron chi connectivity index (χ0n) is 11.5. The predicted octanol–water partition coefficient (Wildman–Crippen LogP) is 1.57. The fourth-order valence-corrected chi connectivity index (χ4v) is 3.20. The molecule has 0 aliphatic carbocycles. The van der Waals surface area contributed by atoms with Crippen molar-refractivity contribution in [2.75, 3.05) is 24.7 Å². The Labute approximate surface area is 122 Å². The van der Waals surface area contributed by atoms with Gasteiger partial charge in [-0.2, -0.15) is 0 Å². The lowest BCUT2D eigenvalue weighted by Gasteiger charge is -2.30. The quantitative estimate of drug-likeness (QED) is 0.920. The number of anilines is 1. The number of carbonyl (C=O) groups excluding carboxylic acids is 1. The third kappa shape index (κ3) is 3.98. The number of carbonyl (C=O) groups is 1. The van der Waals surface area contributed by atoms with Crippen LogP contribution in [-0.2, 0) is 14.8 Å². The highest BCUT2D eigenvalue weighted by Crippen LogP contribution is 2.22. The highest BCUT2D eigenvalue weighted by molar-refractivity contribution is 7.88. The van der Waals surface area contributed by atoms with Crippen molar-refractivity contribution in [1.29, 1.82) is 0 Å². The molecule has 1 amide bonds. The standard InChI is InChI=1S/C13H16F2N2O3S/c1-21(19,20)17-6-2-3-9(8-17)13(18)16-12-7-10(14)4-5-11(12)15/h4-5,7,9H,2-3,6,8H2,1H3,(H,16,18)/t9-/m1/s1. The highest BCUT2D eigenvalue weighted by atomic mass is 32.2. The second-order valence-corrected chi connectivity index (χ2v) is 7.06. The molecule has 0 saturated carbocycles. The average Bonchev–Trinajstić information content (AvgIpc) is 2.42. The Bertz CT molecular complexity index is 649. The zero-order valence-corrected chi connectivity index (χ0v) is 12.3. The molecule has 0 bridgehead atoms. The number of amides is 1. The largest absolute Gasteiger partial charge is 0.323 e. The SMILES string of the molecule is CS(=O)(=O)N1CCC[C@@H](C(=O)Nc2cc(F)ccc2F)C1. The van der Waals surface area contributed by atoms with E-state index in [2.05, 4.69) is 5.32 Å². The van der Waals surface area contributed by atoms with Crippen molar-refractivity contribution in [3.05, 3.63) is 29.8 Å². The van der Waals surface area contributed by atoms with Gasteiger partial charge in [-0.3, -0.25) is 4.79 Å². The van der Waals surface area contributed by atoms with Gasteiger partial charge in [0.1, 0.15) is 11.6 Å². The number of nitrogens with one attached hydrogen (secondary N) is 1. The third-order valence-electron chi connectivity index (χ3n) is 3.41. The molecule has 0 radical (unpaired) electrons. The minimum absolute atomic E-state index is 0.0571. The molecule has 1 fully saturated rings. The first-order valence-electron chi connectivity index (χ1n) is 6.48. The van der Waals surface area contributed by atoms with E-state index in [4.69, 9.17) is 0 Å². The number of nitrogens with zero attached hydrogens (tertiary/aromatic N) is 1. The van der Waals surface area contributed by atoms with Crippen LogP contribution in [0.3, 0.4) is 0 Å². The molecule has 1 heterocycles. The Morgan fingerprint density at radius 3 is 2.76 bits per heavy atom. The molecule has 1 N–H and O–H groups in total. The van der Waals surface area contributed by atoms with Crippen LogP contribution in [0.2, 0.25) is 0 Å². The van der Waals surface area contributed by atoms with Gasteiger partial charge in [-0.25, -0.2) is 21.5 Å². The lowest BCUT2D eigenvalue weighted by molar-refractivity contribution is -0.120. The Hall–Kier alpha value is -1.54. The second-order valence-electron chi connectivity index (χ2n) is 5.07. The molecule has 8 heteroatoms. The molecule has 1 aliphatic rings. The Balaban J connectivity index is 2.08. The summed E-state index contributed by atoms with van der Waals surface area (Å²) in [4.78, 5) is 12.1. The van der Waals surface area contributed by atoms with Crippen molar-refractivity contribution in [2.24, 2.45) is 5.92 Å². The zero-order chi connectivity index (χ0) is 15.6. The smallest absolute Gasteiger partial charge is 0.228 e. The van der Waals surface area contributed by atoms with E-state index in [9.17, 15) is 22.0 Å². The number of benzene rings is 1. The molecule has 1 aromatic rings. The van der Waals surface area contributed by atoms with Gasteiger partial charge in [-0.05, 0) is 25.0 Å². The van der Waals surface area contributed by atoms with Crippen molar-refractivity contribution >= 4 is 21.6 Å². The van der Waals surface area contributed by atoms with Crippen LogP contribution in [0.15, 0.2) is 18.2 Å². The van der Waals surface area contributed by atoms with Crippen molar-refractivity contribution < 1.29 is 22.0 Å². The van der Waals surface area contributed by atoms with Crippen molar-refractivity contribution in [2.45, 2.75) is 12.8 Å². The van der Waals surface area contributed by atoms with E-state index in [0.29, 0.717) is 19.4 Å². The topological polar surface area (TPSA) is 66.5 Å². The summed E-state index contributed by atoms with van der Waals surface area (Å²) in [5, 5.41) is 2.32. The average molecular weight is 318 g/mol. The maximum Gasteiger partial charge on any atom is 0.228 e. The Morgan fingerprint density at radius 2 is 2.10 bits per heavy atom. The fraction of sp³-hybridized carbons (Fsp3) is 0.462. The molecule has 0 spiro atoms. The van der Waals surface area contributed by atoms with E-state index >= 15 is 0 Å². The maximum atomic E-state index is 13.5. The minimum Gasteiger partial charge on any atom is -0.323 e. The summed E-state index contributed by atoms with van der Waals surface area (Å²) in [7, 11) is -3.36. The van der Waals surface area contributed by atoms with Crippen molar-refractivity contribution in [1.82, 2.24) is 4.31 Å². The molecular weight excluding hydrogens is 302 g/mol. The molecule has 1 atom stereocenters. The molecule has 0 unspecified atom stereocenters. The summed E-state index contributed by atoms with van der Waals surface area (Å²) >= 11 is 0. The van der Waals surface area contributed by atoms with Gasteiger partial charge in [-0.1, -0.05) is 0 Å².